The molecule has 1 fully saturated rings. The molecule has 0 bridgehead atoms. The maximum absolute atomic E-state index is 12.6. The number of hydrogen-bond donors (Lipinski definition) is 2. The Morgan fingerprint density at radius 1 is 1.19 bits per heavy atom. The monoisotopic (exact) mass is 298 g/mol. The molecule has 21 heavy (non-hydrogen) atoms. The molecule has 0 aromatic heterocycles. The molecule has 1 saturated heterocycles. The van der Waals surface area contributed by atoms with Crippen molar-refractivity contribution in [1.29, 1.82) is 0 Å². The second-order valence-corrected chi connectivity index (χ2v) is 6.64. The van der Waals surface area contributed by atoms with E-state index in [0.29, 0.717) is 0 Å². The van der Waals surface area contributed by atoms with Gasteiger partial charge in [0.25, 0.3) is 0 Å². The van der Waals surface area contributed by atoms with E-state index in [2.05, 4.69) is 10.2 Å². The standard InChI is InChI=1S/C16H30N2O3/c1-5-12(2)13(14(19)20)17-15(21)16(3,4)18-10-8-6-7-9-11-18/h12-13H,5-11H2,1-4H3,(H,17,21)(H,19,20). The summed E-state index contributed by atoms with van der Waals surface area (Å²) in [6.45, 7) is 9.39. The van der Waals surface area contributed by atoms with Crippen LogP contribution < -0.4 is 5.32 Å². The summed E-state index contributed by atoms with van der Waals surface area (Å²) in [6.07, 6.45) is 5.34. The summed E-state index contributed by atoms with van der Waals surface area (Å²) in [5.41, 5.74) is -0.661. The first-order valence-electron chi connectivity index (χ1n) is 8.09. The highest BCUT2D eigenvalue weighted by molar-refractivity contribution is 5.89. The fourth-order valence-corrected chi connectivity index (χ4v) is 2.77. The molecule has 0 radical (unpaired) electrons. The van der Waals surface area contributed by atoms with Gasteiger partial charge in [0, 0.05) is 0 Å². The van der Waals surface area contributed by atoms with Crippen LogP contribution in [-0.4, -0.2) is 46.6 Å². The Morgan fingerprint density at radius 2 is 1.71 bits per heavy atom. The quantitative estimate of drug-likeness (QED) is 0.789. The molecule has 1 amide bonds. The average Bonchev–Trinajstić information content (AvgIpc) is 2.72. The molecule has 5 heteroatoms. The fourth-order valence-electron chi connectivity index (χ4n) is 2.77. The van der Waals surface area contributed by atoms with Crippen LogP contribution in [0.1, 0.15) is 59.8 Å². The lowest BCUT2D eigenvalue weighted by molar-refractivity contribution is -0.145. The molecule has 1 rings (SSSR count). The highest BCUT2D eigenvalue weighted by atomic mass is 16.4. The van der Waals surface area contributed by atoms with E-state index in [1.165, 1.54) is 12.8 Å². The summed E-state index contributed by atoms with van der Waals surface area (Å²) in [5, 5.41) is 12.1. The number of carbonyl (C=O) groups is 2. The van der Waals surface area contributed by atoms with E-state index in [-0.39, 0.29) is 11.8 Å². The molecule has 0 aromatic rings. The second kappa shape index (κ2) is 7.78. The van der Waals surface area contributed by atoms with E-state index >= 15 is 0 Å². The Morgan fingerprint density at radius 3 is 2.14 bits per heavy atom. The lowest BCUT2D eigenvalue weighted by atomic mass is 9.96. The van der Waals surface area contributed by atoms with E-state index in [9.17, 15) is 14.7 Å². The summed E-state index contributed by atoms with van der Waals surface area (Å²) >= 11 is 0. The minimum atomic E-state index is -0.954. The van der Waals surface area contributed by atoms with Gasteiger partial charge < -0.3 is 10.4 Å². The zero-order chi connectivity index (χ0) is 16.0. The summed E-state index contributed by atoms with van der Waals surface area (Å²) < 4.78 is 0. The van der Waals surface area contributed by atoms with Gasteiger partial charge in [0.2, 0.25) is 5.91 Å². The molecule has 0 aliphatic carbocycles. The van der Waals surface area contributed by atoms with Gasteiger partial charge in [-0.15, -0.1) is 0 Å². The van der Waals surface area contributed by atoms with Crippen molar-refractivity contribution < 1.29 is 14.7 Å². The van der Waals surface area contributed by atoms with Gasteiger partial charge >= 0.3 is 5.97 Å². The topological polar surface area (TPSA) is 69.6 Å². The van der Waals surface area contributed by atoms with E-state index < -0.39 is 17.6 Å². The molecule has 1 aliphatic rings. The Kier molecular flexibility index (Phi) is 6.65. The van der Waals surface area contributed by atoms with Crippen molar-refractivity contribution in [3.63, 3.8) is 0 Å². The van der Waals surface area contributed by atoms with Gasteiger partial charge in [0.15, 0.2) is 0 Å². The largest absolute Gasteiger partial charge is 0.480 e. The van der Waals surface area contributed by atoms with Crippen molar-refractivity contribution in [1.82, 2.24) is 10.2 Å². The van der Waals surface area contributed by atoms with Gasteiger partial charge in [-0.3, -0.25) is 9.69 Å². The van der Waals surface area contributed by atoms with Crippen molar-refractivity contribution in [2.75, 3.05) is 13.1 Å². The Hall–Kier alpha value is -1.10. The first-order chi connectivity index (χ1) is 9.80. The van der Waals surface area contributed by atoms with E-state index in [4.69, 9.17) is 0 Å². The molecule has 0 spiro atoms. The highest BCUT2D eigenvalue weighted by Crippen LogP contribution is 2.21. The third-order valence-electron chi connectivity index (χ3n) is 4.72. The van der Waals surface area contributed by atoms with Crippen molar-refractivity contribution in [3.05, 3.63) is 0 Å². The maximum Gasteiger partial charge on any atom is 0.326 e. The summed E-state index contributed by atoms with van der Waals surface area (Å²) in [7, 11) is 0. The second-order valence-electron chi connectivity index (χ2n) is 6.64. The first-order valence-corrected chi connectivity index (χ1v) is 8.09. The number of rotatable bonds is 6. The van der Waals surface area contributed by atoms with Gasteiger partial charge in [-0.1, -0.05) is 33.1 Å². The third-order valence-corrected chi connectivity index (χ3v) is 4.72. The summed E-state index contributed by atoms with van der Waals surface area (Å²) in [4.78, 5) is 26.1. The van der Waals surface area contributed by atoms with Crippen LogP contribution in [-0.2, 0) is 9.59 Å². The van der Waals surface area contributed by atoms with Gasteiger partial charge in [0.05, 0.1) is 5.54 Å². The van der Waals surface area contributed by atoms with Crippen LogP contribution >= 0.6 is 0 Å². The van der Waals surface area contributed by atoms with E-state index in [0.717, 1.165) is 32.4 Å². The zero-order valence-electron chi connectivity index (χ0n) is 13.8. The number of carbonyl (C=O) groups excluding carboxylic acids is 1. The smallest absolute Gasteiger partial charge is 0.326 e. The summed E-state index contributed by atoms with van der Waals surface area (Å²) in [6, 6.07) is -0.811. The fraction of sp³-hybridized carbons (Fsp3) is 0.875. The molecular formula is C16H30N2O3. The zero-order valence-corrected chi connectivity index (χ0v) is 13.8. The van der Waals surface area contributed by atoms with E-state index in [1.54, 1.807) is 0 Å². The maximum atomic E-state index is 12.6. The van der Waals surface area contributed by atoms with Gasteiger partial charge in [-0.05, 0) is 45.7 Å². The molecule has 122 valence electrons. The number of nitrogens with zero attached hydrogens (tertiary/aromatic N) is 1. The number of aliphatic carboxylic acids is 1. The minimum Gasteiger partial charge on any atom is -0.480 e. The van der Waals surface area contributed by atoms with Crippen LogP contribution in [0.5, 0.6) is 0 Å². The van der Waals surface area contributed by atoms with Crippen LogP contribution in [0.25, 0.3) is 0 Å². The molecule has 2 atom stereocenters. The number of carboxylic acid groups (broad SMARTS) is 1. The number of hydrogen-bond acceptors (Lipinski definition) is 3. The highest BCUT2D eigenvalue weighted by Gasteiger charge is 2.37. The van der Waals surface area contributed by atoms with Crippen LogP contribution in [0.2, 0.25) is 0 Å². The Balaban J connectivity index is 2.76. The van der Waals surface area contributed by atoms with E-state index in [1.807, 2.05) is 27.7 Å². The van der Waals surface area contributed by atoms with Crippen LogP contribution in [0.15, 0.2) is 0 Å². The normalized spacial score (nSPS) is 20.4. The molecule has 0 saturated carbocycles. The molecule has 1 aliphatic heterocycles. The number of likely N-dealkylation sites (tertiary alicyclic amines) is 1. The Bertz CT molecular complexity index is 361. The predicted molar refractivity (Wildman–Crippen MR) is 83.1 cm³/mol. The van der Waals surface area contributed by atoms with Crippen LogP contribution in [0.3, 0.4) is 0 Å². The van der Waals surface area contributed by atoms with Crippen molar-refractivity contribution in [2.45, 2.75) is 71.4 Å². The average molecular weight is 298 g/mol. The predicted octanol–water partition coefficient (Wildman–Crippen LogP) is 2.26. The first kappa shape index (κ1) is 18.0. The molecule has 2 unspecified atom stereocenters. The molecular weight excluding hydrogens is 268 g/mol. The Labute approximate surface area is 128 Å². The lowest BCUT2D eigenvalue weighted by Crippen LogP contribution is -2.59. The van der Waals surface area contributed by atoms with Gasteiger partial charge in [-0.2, -0.15) is 0 Å². The van der Waals surface area contributed by atoms with Crippen molar-refractivity contribution >= 4 is 11.9 Å². The van der Waals surface area contributed by atoms with Crippen molar-refractivity contribution in [3.8, 4) is 0 Å². The molecule has 5 nitrogen and oxygen atoms in total. The summed E-state index contributed by atoms with van der Waals surface area (Å²) in [5.74, 6) is -1.21. The lowest BCUT2D eigenvalue weighted by Gasteiger charge is -2.37. The number of carboxylic acids is 1. The SMILES string of the molecule is CCC(C)C(NC(=O)C(C)(C)N1CCCCCC1)C(=O)O. The molecule has 0 aromatic carbocycles. The molecule has 1 heterocycles. The van der Waals surface area contributed by atoms with Gasteiger partial charge in [-0.25, -0.2) is 4.79 Å². The van der Waals surface area contributed by atoms with Crippen LogP contribution in [0.4, 0.5) is 0 Å². The van der Waals surface area contributed by atoms with Crippen LogP contribution in [0, 0.1) is 5.92 Å². The number of amides is 1. The molecule has 2 N–H and O–H groups in total. The number of nitrogens with one attached hydrogen (secondary N) is 1. The minimum absolute atomic E-state index is 0.0774. The third kappa shape index (κ3) is 4.70. The van der Waals surface area contributed by atoms with Gasteiger partial charge in [0.1, 0.15) is 6.04 Å². The van der Waals surface area contributed by atoms with Crippen molar-refractivity contribution in [2.24, 2.45) is 5.92 Å².